The van der Waals surface area contributed by atoms with Crippen LogP contribution in [0.2, 0.25) is 0 Å². The van der Waals surface area contributed by atoms with Crippen molar-refractivity contribution < 1.29 is 27.5 Å². The first-order chi connectivity index (χ1) is 14.8. The average molecular weight is 434 g/mol. The molecule has 8 heteroatoms. The number of carbonyl (C=O) groups is 2. The Labute approximate surface area is 179 Å². The van der Waals surface area contributed by atoms with Crippen molar-refractivity contribution in [3.05, 3.63) is 71.8 Å². The van der Waals surface area contributed by atoms with Gasteiger partial charge in [-0.05, 0) is 30.4 Å². The fourth-order valence-corrected chi connectivity index (χ4v) is 3.64. The lowest BCUT2D eigenvalue weighted by atomic mass is 9.94. The van der Waals surface area contributed by atoms with E-state index in [2.05, 4.69) is 10.1 Å². The number of carbonyl (C=O) groups excluding carboxylic acids is 2. The van der Waals surface area contributed by atoms with E-state index >= 15 is 0 Å². The molecule has 166 valence electrons. The van der Waals surface area contributed by atoms with Gasteiger partial charge >= 0.3 is 12.3 Å². The lowest BCUT2D eigenvalue weighted by Crippen LogP contribution is -2.44. The Morgan fingerprint density at radius 3 is 2.16 bits per heavy atom. The molecule has 2 aromatic rings. The van der Waals surface area contributed by atoms with Crippen LogP contribution in [0, 0.1) is 5.92 Å². The lowest BCUT2D eigenvalue weighted by Gasteiger charge is -2.31. The van der Waals surface area contributed by atoms with Gasteiger partial charge in [0.2, 0.25) is 5.91 Å². The van der Waals surface area contributed by atoms with Crippen LogP contribution in [0.4, 0.5) is 18.0 Å². The van der Waals surface area contributed by atoms with Gasteiger partial charge in [-0.15, -0.1) is 0 Å². The van der Waals surface area contributed by atoms with Gasteiger partial charge in [0.05, 0.1) is 6.04 Å². The normalized spacial score (nSPS) is 15.9. The maximum atomic E-state index is 12.9. The topological polar surface area (TPSA) is 58.6 Å². The van der Waals surface area contributed by atoms with Crippen LogP contribution in [0.15, 0.2) is 60.7 Å². The van der Waals surface area contributed by atoms with Crippen molar-refractivity contribution in [1.29, 1.82) is 0 Å². The number of nitrogens with one attached hydrogen (secondary N) is 1. The highest BCUT2D eigenvalue weighted by Crippen LogP contribution is 2.23. The summed E-state index contributed by atoms with van der Waals surface area (Å²) >= 11 is 0. The fraction of sp³-hybridized carbons (Fsp3) is 0.391. The van der Waals surface area contributed by atoms with Gasteiger partial charge in [0.15, 0.2) is 6.61 Å². The number of alkyl halides is 3. The summed E-state index contributed by atoms with van der Waals surface area (Å²) in [6.07, 6.45) is -4.17. The number of piperidine rings is 1. The summed E-state index contributed by atoms with van der Waals surface area (Å²) in [7, 11) is 0. The summed E-state index contributed by atoms with van der Waals surface area (Å²) in [5.41, 5.74) is 2.09. The molecule has 0 saturated carbocycles. The molecule has 0 radical (unpaired) electrons. The van der Waals surface area contributed by atoms with E-state index in [1.807, 2.05) is 60.7 Å². The molecule has 3 rings (SSSR count). The predicted octanol–water partition coefficient (Wildman–Crippen LogP) is 4.50. The summed E-state index contributed by atoms with van der Waals surface area (Å²) in [5, 5.41) is 3.12. The molecule has 31 heavy (non-hydrogen) atoms. The Kier molecular flexibility index (Phi) is 7.55. The SMILES string of the molecule is O=C(NC(Cc1ccccc1)c1ccccc1)C1CCN(C(=O)OCC(F)(F)F)CC1. The van der Waals surface area contributed by atoms with Crippen molar-refractivity contribution in [3.8, 4) is 0 Å². The van der Waals surface area contributed by atoms with Crippen LogP contribution in [0.3, 0.4) is 0 Å². The van der Waals surface area contributed by atoms with Gasteiger partial charge < -0.3 is 15.0 Å². The molecule has 0 aliphatic carbocycles. The molecule has 1 atom stereocenters. The fourth-order valence-electron chi connectivity index (χ4n) is 3.64. The predicted molar refractivity (Wildman–Crippen MR) is 109 cm³/mol. The number of benzene rings is 2. The monoisotopic (exact) mass is 434 g/mol. The van der Waals surface area contributed by atoms with Crippen LogP contribution in [0.5, 0.6) is 0 Å². The van der Waals surface area contributed by atoms with Gasteiger partial charge in [0.25, 0.3) is 0 Å². The zero-order chi connectivity index (χ0) is 22.3. The van der Waals surface area contributed by atoms with Crippen molar-refractivity contribution >= 4 is 12.0 Å². The van der Waals surface area contributed by atoms with Crippen LogP contribution < -0.4 is 5.32 Å². The number of hydrogen-bond acceptors (Lipinski definition) is 3. The minimum atomic E-state index is -4.56. The number of nitrogens with zero attached hydrogens (tertiary/aromatic N) is 1. The molecule has 2 amide bonds. The Morgan fingerprint density at radius 2 is 1.58 bits per heavy atom. The van der Waals surface area contributed by atoms with Gasteiger partial charge in [0.1, 0.15) is 0 Å². The van der Waals surface area contributed by atoms with E-state index < -0.39 is 18.9 Å². The summed E-state index contributed by atoms with van der Waals surface area (Å²) in [6.45, 7) is -1.24. The van der Waals surface area contributed by atoms with Crippen LogP contribution >= 0.6 is 0 Å². The van der Waals surface area contributed by atoms with E-state index in [4.69, 9.17) is 0 Å². The van der Waals surface area contributed by atoms with E-state index in [0.717, 1.165) is 11.1 Å². The number of hydrogen-bond donors (Lipinski definition) is 1. The molecule has 0 bridgehead atoms. The van der Waals surface area contributed by atoms with E-state index in [1.54, 1.807) is 0 Å². The molecule has 0 aromatic heterocycles. The van der Waals surface area contributed by atoms with Crippen molar-refractivity contribution in [3.63, 3.8) is 0 Å². The maximum Gasteiger partial charge on any atom is 0.422 e. The molecular formula is C23H25F3N2O3. The van der Waals surface area contributed by atoms with Gasteiger partial charge in [-0.2, -0.15) is 13.2 Å². The standard InChI is InChI=1S/C23H25F3N2O3/c24-23(25,26)16-31-22(30)28-13-11-19(12-14-28)21(29)27-20(18-9-5-2-6-10-18)15-17-7-3-1-4-8-17/h1-10,19-20H,11-16H2,(H,27,29). The number of ether oxygens (including phenoxy) is 1. The zero-order valence-electron chi connectivity index (χ0n) is 17.0. The van der Waals surface area contributed by atoms with E-state index in [9.17, 15) is 22.8 Å². The van der Waals surface area contributed by atoms with E-state index in [1.165, 1.54) is 4.90 Å². The quantitative estimate of drug-likeness (QED) is 0.729. The Hall–Kier alpha value is -3.03. The van der Waals surface area contributed by atoms with Crippen molar-refractivity contribution in [2.24, 2.45) is 5.92 Å². The van der Waals surface area contributed by atoms with Gasteiger partial charge in [0, 0.05) is 19.0 Å². The van der Waals surface area contributed by atoms with Crippen LogP contribution in [-0.2, 0) is 16.0 Å². The van der Waals surface area contributed by atoms with E-state index in [0.29, 0.717) is 19.3 Å². The number of amides is 2. The van der Waals surface area contributed by atoms with Crippen LogP contribution in [0.1, 0.15) is 30.0 Å². The number of rotatable bonds is 6. The molecule has 5 nitrogen and oxygen atoms in total. The first-order valence-electron chi connectivity index (χ1n) is 10.2. The smallest absolute Gasteiger partial charge is 0.422 e. The van der Waals surface area contributed by atoms with Crippen molar-refractivity contribution in [1.82, 2.24) is 10.2 Å². The molecule has 1 unspecified atom stereocenters. The van der Waals surface area contributed by atoms with E-state index in [-0.39, 0.29) is 31.0 Å². The molecule has 0 spiro atoms. The third-order valence-electron chi connectivity index (χ3n) is 5.28. The first kappa shape index (κ1) is 22.7. The second-order valence-electron chi connectivity index (χ2n) is 7.59. The van der Waals surface area contributed by atoms with Crippen LogP contribution in [0.25, 0.3) is 0 Å². The molecule has 1 fully saturated rings. The summed E-state index contributed by atoms with van der Waals surface area (Å²) in [6, 6.07) is 19.3. The first-order valence-corrected chi connectivity index (χ1v) is 10.2. The van der Waals surface area contributed by atoms with Gasteiger partial charge in [-0.1, -0.05) is 60.7 Å². The highest BCUT2D eigenvalue weighted by atomic mass is 19.4. The third kappa shape index (κ3) is 7.01. The summed E-state index contributed by atoms with van der Waals surface area (Å²) < 4.78 is 41.0. The number of likely N-dealkylation sites (tertiary alicyclic amines) is 1. The minimum Gasteiger partial charge on any atom is -0.440 e. The molecule has 2 aromatic carbocycles. The van der Waals surface area contributed by atoms with Crippen molar-refractivity contribution in [2.75, 3.05) is 19.7 Å². The second-order valence-corrected chi connectivity index (χ2v) is 7.59. The summed E-state index contributed by atoms with van der Waals surface area (Å²) in [5.74, 6) is -0.429. The molecule has 1 aliphatic heterocycles. The molecule has 1 aliphatic rings. The average Bonchev–Trinajstić information content (AvgIpc) is 2.78. The molecule has 1 saturated heterocycles. The molecular weight excluding hydrogens is 409 g/mol. The van der Waals surface area contributed by atoms with Gasteiger partial charge in [-0.25, -0.2) is 4.79 Å². The Bertz CT molecular complexity index is 851. The number of halogens is 3. The lowest BCUT2D eigenvalue weighted by molar-refractivity contribution is -0.162. The molecule has 1 heterocycles. The maximum absolute atomic E-state index is 12.9. The minimum absolute atomic E-state index is 0.118. The largest absolute Gasteiger partial charge is 0.440 e. The highest BCUT2D eigenvalue weighted by Gasteiger charge is 2.33. The Balaban J connectivity index is 1.57. The summed E-state index contributed by atoms with van der Waals surface area (Å²) in [4.78, 5) is 25.9. The third-order valence-corrected chi connectivity index (χ3v) is 5.28. The van der Waals surface area contributed by atoms with Crippen LogP contribution in [-0.4, -0.2) is 42.8 Å². The van der Waals surface area contributed by atoms with Crippen molar-refractivity contribution in [2.45, 2.75) is 31.5 Å². The highest BCUT2D eigenvalue weighted by molar-refractivity contribution is 5.79. The second kappa shape index (κ2) is 10.3. The zero-order valence-corrected chi connectivity index (χ0v) is 17.0. The molecule has 1 N–H and O–H groups in total. The van der Waals surface area contributed by atoms with Gasteiger partial charge in [-0.3, -0.25) is 4.79 Å². The Morgan fingerprint density at radius 1 is 1.00 bits per heavy atom.